The summed E-state index contributed by atoms with van der Waals surface area (Å²) in [4.78, 5) is 0. The molecule has 1 rings (SSSR count). The van der Waals surface area contributed by atoms with Crippen molar-refractivity contribution in [3.63, 3.8) is 0 Å². The van der Waals surface area contributed by atoms with Crippen LogP contribution in [0.15, 0.2) is 16.7 Å². The monoisotopic (exact) mass is 190 g/mol. The maximum Gasteiger partial charge on any atom is 0.419 e. The molecule has 0 fully saturated rings. The van der Waals surface area contributed by atoms with Crippen LogP contribution in [0.5, 0.6) is 0 Å². The van der Waals surface area contributed by atoms with Gasteiger partial charge in [0.05, 0.1) is 5.56 Å². The number of rotatable bonds is 1. The summed E-state index contributed by atoms with van der Waals surface area (Å²) in [5.41, 5.74) is -0.961. The van der Waals surface area contributed by atoms with Crippen molar-refractivity contribution in [3.05, 3.63) is 23.7 Å². The molecule has 0 aliphatic rings. The zero-order valence-corrected chi connectivity index (χ0v) is 6.30. The van der Waals surface area contributed by atoms with E-state index in [1.54, 1.807) is 0 Å². The lowest BCUT2D eigenvalue weighted by atomic mass is 10.2. The smallest absolute Gasteiger partial charge is 0.419 e. The Morgan fingerprint density at radius 1 is 1.54 bits per heavy atom. The molecule has 2 nitrogen and oxygen atoms in total. The second-order valence-corrected chi connectivity index (χ2v) is 2.30. The molecule has 70 valence electrons. The fourth-order valence-electron chi connectivity index (χ4n) is 0.727. The van der Waals surface area contributed by atoms with Gasteiger partial charge in [0.1, 0.15) is 12.0 Å². The van der Waals surface area contributed by atoms with Crippen LogP contribution < -0.4 is 0 Å². The third-order valence-electron chi connectivity index (χ3n) is 1.37. The van der Waals surface area contributed by atoms with E-state index in [4.69, 9.17) is 11.5 Å². The zero-order valence-electron chi connectivity index (χ0n) is 6.30. The van der Waals surface area contributed by atoms with E-state index < -0.39 is 17.8 Å². The quantitative estimate of drug-likeness (QED) is 0.686. The summed E-state index contributed by atoms with van der Waals surface area (Å²) in [5.74, 6) is 1.56. The molecule has 0 bridgehead atoms. The summed E-state index contributed by atoms with van der Waals surface area (Å²) >= 11 is 0. The SMILES string of the molecule is C#CC(O)c1cc(C(F)(F)F)co1. The zero-order chi connectivity index (χ0) is 10.1. The highest BCUT2D eigenvalue weighted by molar-refractivity contribution is 5.21. The highest BCUT2D eigenvalue weighted by Gasteiger charge is 2.33. The van der Waals surface area contributed by atoms with Crippen molar-refractivity contribution in [2.45, 2.75) is 12.3 Å². The molecule has 5 heteroatoms. The summed E-state index contributed by atoms with van der Waals surface area (Å²) < 4.78 is 40.4. The van der Waals surface area contributed by atoms with Gasteiger partial charge in [-0.15, -0.1) is 6.42 Å². The minimum atomic E-state index is -4.48. The number of hydrogen-bond acceptors (Lipinski definition) is 2. The van der Waals surface area contributed by atoms with E-state index in [2.05, 4.69) is 4.42 Å². The van der Waals surface area contributed by atoms with Gasteiger partial charge in [-0.25, -0.2) is 0 Å². The summed E-state index contributed by atoms with van der Waals surface area (Å²) in [6.45, 7) is 0. The molecule has 0 spiro atoms. The summed E-state index contributed by atoms with van der Waals surface area (Å²) in [5, 5.41) is 8.91. The van der Waals surface area contributed by atoms with Gasteiger partial charge in [0.2, 0.25) is 0 Å². The minimum Gasteiger partial charge on any atom is -0.465 e. The number of aliphatic hydroxyl groups excluding tert-OH is 1. The van der Waals surface area contributed by atoms with E-state index in [1.807, 2.05) is 5.92 Å². The van der Waals surface area contributed by atoms with Gasteiger partial charge in [0.25, 0.3) is 0 Å². The Morgan fingerprint density at radius 2 is 2.15 bits per heavy atom. The van der Waals surface area contributed by atoms with Crippen LogP contribution in [0, 0.1) is 12.3 Å². The third-order valence-corrected chi connectivity index (χ3v) is 1.37. The van der Waals surface area contributed by atoms with Gasteiger partial charge in [-0.2, -0.15) is 13.2 Å². The number of hydrogen-bond donors (Lipinski definition) is 1. The molecule has 0 aliphatic carbocycles. The van der Waals surface area contributed by atoms with Crippen molar-refractivity contribution in [2.75, 3.05) is 0 Å². The molecule has 0 saturated heterocycles. The molecule has 1 N–H and O–H groups in total. The Balaban J connectivity index is 2.95. The maximum atomic E-state index is 12.0. The number of halogens is 3. The standard InChI is InChI=1S/C8H5F3O2/c1-2-6(12)7-3-5(4-13-7)8(9,10)11/h1,3-4,6,12H. The topological polar surface area (TPSA) is 33.4 Å². The second-order valence-electron chi connectivity index (χ2n) is 2.30. The Labute approximate surface area is 72.0 Å². The van der Waals surface area contributed by atoms with E-state index in [-0.39, 0.29) is 5.76 Å². The first-order chi connectivity index (χ1) is 5.95. The van der Waals surface area contributed by atoms with Gasteiger partial charge >= 0.3 is 6.18 Å². The van der Waals surface area contributed by atoms with Gasteiger partial charge in [0.15, 0.2) is 6.10 Å². The Bertz CT molecular complexity index is 332. The fraction of sp³-hybridized carbons (Fsp3) is 0.250. The van der Waals surface area contributed by atoms with Gasteiger partial charge in [0, 0.05) is 0 Å². The second kappa shape index (κ2) is 3.15. The Hall–Kier alpha value is -1.41. The van der Waals surface area contributed by atoms with Crippen LogP contribution in [0.3, 0.4) is 0 Å². The number of terminal acetylenes is 1. The van der Waals surface area contributed by atoms with Crippen LogP contribution in [0.4, 0.5) is 13.2 Å². The fourth-order valence-corrected chi connectivity index (χ4v) is 0.727. The molecule has 0 amide bonds. The van der Waals surface area contributed by atoms with Crippen LogP contribution in [0.25, 0.3) is 0 Å². The summed E-state index contributed by atoms with van der Waals surface area (Å²) in [7, 11) is 0. The van der Waals surface area contributed by atoms with E-state index >= 15 is 0 Å². The lowest BCUT2D eigenvalue weighted by molar-refractivity contribution is -0.137. The van der Waals surface area contributed by atoms with Crippen molar-refractivity contribution < 1.29 is 22.7 Å². The van der Waals surface area contributed by atoms with Gasteiger partial charge < -0.3 is 9.52 Å². The van der Waals surface area contributed by atoms with E-state index in [0.717, 1.165) is 0 Å². The van der Waals surface area contributed by atoms with Crippen molar-refractivity contribution >= 4 is 0 Å². The number of furan rings is 1. The average molecular weight is 190 g/mol. The van der Waals surface area contributed by atoms with Crippen LogP contribution in [-0.2, 0) is 6.18 Å². The van der Waals surface area contributed by atoms with Gasteiger partial charge in [-0.3, -0.25) is 0 Å². The van der Waals surface area contributed by atoms with Crippen molar-refractivity contribution in [2.24, 2.45) is 0 Å². The molecule has 0 saturated carbocycles. The van der Waals surface area contributed by atoms with Crippen LogP contribution in [0.1, 0.15) is 17.4 Å². The lowest BCUT2D eigenvalue weighted by Gasteiger charge is -1.99. The number of alkyl halides is 3. The van der Waals surface area contributed by atoms with Crippen molar-refractivity contribution in [1.82, 2.24) is 0 Å². The van der Waals surface area contributed by atoms with Crippen LogP contribution >= 0.6 is 0 Å². The van der Waals surface area contributed by atoms with E-state index in [1.165, 1.54) is 0 Å². The molecule has 1 unspecified atom stereocenters. The minimum absolute atomic E-state index is 0.283. The van der Waals surface area contributed by atoms with E-state index in [0.29, 0.717) is 12.3 Å². The lowest BCUT2D eigenvalue weighted by Crippen LogP contribution is -2.02. The maximum absolute atomic E-state index is 12.0. The third kappa shape index (κ3) is 2.04. The Kier molecular flexibility index (Phi) is 2.34. The molecule has 0 radical (unpaired) electrons. The normalized spacial score (nSPS) is 13.8. The van der Waals surface area contributed by atoms with E-state index in [9.17, 15) is 13.2 Å². The predicted octanol–water partition coefficient (Wildman–Crippen LogP) is 1.96. The first-order valence-electron chi connectivity index (χ1n) is 3.25. The molecular formula is C8H5F3O2. The molecule has 0 aromatic carbocycles. The first kappa shape index (κ1) is 9.68. The summed E-state index contributed by atoms with van der Waals surface area (Å²) in [6.07, 6.45) is -0.619. The average Bonchev–Trinajstić information content (AvgIpc) is 2.50. The van der Waals surface area contributed by atoms with Crippen molar-refractivity contribution in [3.8, 4) is 12.3 Å². The first-order valence-corrected chi connectivity index (χ1v) is 3.25. The van der Waals surface area contributed by atoms with Crippen molar-refractivity contribution in [1.29, 1.82) is 0 Å². The highest BCUT2D eigenvalue weighted by Crippen LogP contribution is 2.31. The van der Waals surface area contributed by atoms with Crippen LogP contribution in [-0.4, -0.2) is 5.11 Å². The van der Waals surface area contributed by atoms with Gasteiger partial charge in [-0.1, -0.05) is 5.92 Å². The van der Waals surface area contributed by atoms with Crippen LogP contribution in [0.2, 0.25) is 0 Å². The molecule has 13 heavy (non-hydrogen) atoms. The predicted molar refractivity (Wildman–Crippen MR) is 37.5 cm³/mol. The Morgan fingerprint density at radius 3 is 2.54 bits per heavy atom. The molecular weight excluding hydrogens is 185 g/mol. The molecule has 1 atom stereocenters. The molecule has 1 aromatic rings. The molecule has 1 heterocycles. The number of aliphatic hydroxyl groups is 1. The summed E-state index contributed by atoms with van der Waals surface area (Å²) in [6, 6.07) is 0.671. The molecule has 0 aliphatic heterocycles. The highest BCUT2D eigenvalue weighted by atomic mass is 19.4. The van der Waals surface area contributed by atoms with Gasteiger partial charge in [-0.05, 0) is 6.07 Å². The molecule has 1 aromatic heterocycles. The largest absolute Gasteiger partial charge is 0.465 e.